The van der Waals surface area contributed by atoms with Crippen LogP contribution in [-0.2, 0) is 0 Å². The first kappa shape index (κ1) is 11.5. The van der Waals surface area contributed by atoms with Crippen LogP contribution in [0.4, 0.5) is 0 Å². The van der Waals surface area contributed by atoms with Crippen LogP contribution in [0.1, 0.15) is 57.8 Å². The molecule has 0 aromatic rings. The van der Waals surface area contributed by atoms with E-state index in [0.29, 0.717) is 11.5 Å². The number of likely N-dealkylation sites (N-methyl/N-ethyl adjacent to an activating group) is 1. The Bertz CT molecular complexity index is 333. The number of hydrogen-bond donors (Lipinski definition) is 1. The summed E-state index contributed by atoms with van der Waals surface area (Å²) >= 11 is 0. The Kier molecular flexibility index (Phi) is 2.62. The zero-order valence-electron chi connectivity index (χ0n) is 11.8. The lowest BCUT2D eigenvalue weighted by Crippen LogP contribution is -2.55. The third-order valence-corrected chi connectivity index (χ3v) is 6.43. The summed E-state index contributed by atoms with van der Waals surface area (Å²) in [7, 11) is 2.21. The van der Waals surface area contributed by atoms with Crippen molar-refractivity contribution in [3.05, 3.63) is 11.6 Å². The lowest BCUT2D eigenvalue weighted by Gasteiger charge is -2.59. The number of rotatable bonds is 3. The molecule has 0 amide bonds. The number of nitrogens with one attached hydrogen (secondary N) is 1. The molecule has 0 aliphatic heterocycles. The SMILES string of the molecule is CNC(C1=CCCC1)C12CC3CC(CC(C3)C1)C2. The second-order valence-corrected chi connectivity index (χ2v) is 7.67. The van der Waals surface area contributed by atoms with E-state index in [1.165, 1.54) is 38.5 Å². The maximum Gasteiger partial charge on any atom is 0.0333 e. The molecule has 18 heavy (non-hydrogen) atoms. The Morgan fingerprint density at radius 1 is 1.11 bits per heavy atom. The molecule has 100 valence electrons. The highest BCUT2D eigenvalue weighted by Gasteiger charge is 2.54. The van der Waals surface area contributed by atoms with Gasteiger partial charge in [-0.05, 0) is 88.0 Å². The van der Waals surface area contributed by atoms with E-state index >= 15 is 0 Å². The molecule has 4 bridgehead atoms. The van der Waals surface area contributed by atoms with Crippen LogP contribution in [0, 0.1) is 23.2 Å². The molecule has 0 radical (unpaired) electrons. The van der Waals surface area contributed by atoms with E-state index in [2.05, 4.69) is 18.4 Å². The molecular weight excluding hydrogens is 218 g/mol. The summed E-state index contributed by atoms with van der Waals surface area (Å²) in [5.74, 6) is 3.23. The van der Waals surface area contributed by atoms with Crippen LogP contribution in [0.2, 0.25) is 0 Å². The van der Waals surface area contributed by atoms with Crippen LogP contribution >= 0.6 is 0 Å². The van der Waals surface area contributed by atoms with Crippen LogP contribution in [0.25, 0.3) is 0 Å². The molecular formula is C17H27N. The predicted octanol–water partition coefficient (Wildman–Crippen LogP) is 3.90. The average molecular weight is 245 g/mol. The van der Waals surface area contributed by atoms with Crippen molar-refractivity contribution in [1.82, 2.24) is 5.32 Å². The van der Waals surface area contributed by atoms with Gasteiger partial charge in [0, 0.05) is 6.04 Å². The molecule has 4 saturated carbocycles. The van der Waals surface area contributed by atoms with Gasteiger partial charge in [-0.1, -0.05) is 11.6 Å². The van der Waals surface area contributed by atoms with E-state index in [1.54, 1.807) is 24.8 Å². The zero-order chi connectivity index (χ0) is 12.2. The maximum atomic E-state index is 3.73. The van der Waals surface area contributed by atoms with Gasteiger partial charge >= 0.3 is 0 Å². The molecule has 1 atom stereocenters. The van der Waals surface area contributed by atoms with Crippen molar-refractivity contribution >= 4 is 0 Å². The second kappa shape index (κ2) is 4.10. The molecule has 0 saturated heterocycles. The third kappa shape index (κ3) is 1.62. The summed E-state index contributed by atoms with van der Waals surface area (Å²) in [4.78, 5) is 0. The maximum absolute atomic E-state index is 3.73. The second-order valence-electron chi connectivity index (χ2n) is 7.67. The van der Waals surface area contributed by atoms with Crippen LogP contribution in [0.5, 0.6) is 0 Å². The van der Waals surface area contributed by atoms with Gasteiger partial charge in [0.25, 0.3) is 0 Å². The molecule has 0 heterocycles. The van der Waals surface area contributed by atoms with Gasteiger partial charge in [0.05, 0.1) is 0 Å². The van der Waals surface area contributed by atoms with Gasteiger partial charge in [0.1, 0.15) is 0 Å². The summed E-state index contributed by atoms with van der Waals surface area (Å²) in [5, 5.41) is 3.73. The van der Waals surface area contributed by atoms with Gasteiger partial charge in [-0.3, -0.25) is 0 Å². The summed E-state index contributed by atoms with van der Waals surface area (Å²) < 4.78 is 0. The lowest BCUT2D eigenvalue weighted by atomic mass is 9.47. The Morgan fingerprint density at radius 2 is 1.72 bits per heavy atom. The van der Waals surface area contributed by atoms with E-state index in [1.807, 2.05) is 0 Å². The quantitative estimate of drug-likeness (QED) is 0.744. The Morgan fingerprint density at radius 3 is 2.17 bits per heavy atom. The van der Waals surface area contributed by atoms with Crippen molar-refractivity contribution in [3.63, 3.8) is 0 Å². The first-order valence-corrected chi connectivity index (χ1v) is 8.15. The molecule has 5 aliphatic carbocycles. The van der Waals surface area contributed by atoms with Gasteiger partial charge in [-0.2, -0.15) is 0 Å². The van der Waals surface area contributed by atoms with Crippen LogP contribution in [0.3, 0.4) is 0 Å². The van der Waals surface area contributed by atoms with E-state index in [9.17, 15) is 0 Å². The molecule has 0 spiro atoms. The summed E-state index contributed by atoms with van der Waals surface area (Å²) in [6, 6.07) is 0.716. The first-order chi connectivity index (χ1) is 8.79. The third-order valence-electron chi connectivity index (χ3n) is 6.43. The Hall–Kier alpha value is -0.300. The molecule has 4 fully saturated rings. The smallest absolute Gasteiger partial charge is 0.0333 e. The number of allylic oxidation sites excluding steroid dienone is 1. The fraction of sp³-hybridized carbons (Fsp3) is 0.882. The van der Waals surface area contributed by atoms with Crippen molar-refractivity contribution in [2.24, 2.45) is 23.2 Å². The monoisotopic (exact) mass is 245 g/mol. The van der Waals surface area contributed by atoms with Gasteiger partial charge in [-0.25, -0.2) is 0 Å². The van der Waals surface area contributed by atoms with Crippen molar-refractivity contribution in [3.8, 4) is 0 Å². The van der Waals surface area contributed by atoms with Crippen LogP contribution in [-0.4, -0.2) is 13.1 Å². The van der Waals surface area contributed by atoms with Crippen molar-refractivity contribution in [2.75, 3.05) is 7.05 Å². The fourth-order valence-electron chi connectivity index (χ4n) is 6.37. The normalized spacial score (nSPS) is 47.4. The molecule has 1 heteroatoms. The molecule has 5 aliphatic rings. The Labute approximate surface area is 111 Å². The Balaban J connectivity index is 1.65. The minimum absolute atomic E-state index is 0.652. The molecule has 0 aromatic heterocycles. The van der Waals surface area contributed by atoms with E-state index < -0.39 is 0 Å². The molecule has 5 rings (SSSR count). The highest BCUT2D eigenvalue weighted by Crippen LogP contribution is 2.62. The molecule has 0 aromatic carbocycles. The topological polar surface area (TPSA) is 12.0 Å². The van der Waals surface area contributed by atoms with Crippen LogP contribution < -0.4 is 5.32 Å². The average Bonchev–Trinajstić information content (AvgIpc) is 2.81. The van der Waals surface area contributed by atoms with Crippen molar-refractivity contribution in [1.29, 1.82) is 0 Å². The lowest BCUT2D eigenvalue weighted by molar-refractivity contribution is -0.0661. The zero-order valence-corrected chi connectivity index (χ0v) is 11.8. The minimum Gasteiger partial charge on any atom is -0.313 e. The van der Waals surface area contributed by atoms with E-state index in [4.69, 9.17) is 0 Å². The predicted molar refractivity (Wildman–Crippen MR) is 75.4 cm³/mol. The summed E-state index contributed by atoms with van der Waals surface area (Å²) in [6.07, 6.45) is 15.9. The summed E-state index contributed by atoms with van der Waals surface area (Å²) in [5.41, 5.74) is 2.42. The van der Waals surface area contributed by atoms with E-state index in [0.717, 1.165) is 17.8 Å². The summed E-state index contributed by atoms with van der Waals surface area (Å²) in [6.45, 7) is 0. The van der Waals surface area contributed by atoms with Gasteiger partial charge in [0.2, 0.25) is 0 Å². The fourth-order valence-corrected chi connectivity index (χ4v) is 6.37. The number of hydrogen-bond acceptors (Lipinski definition) is 1. The molecule has 1 unspecified atom stereocenters. The molecule has 1 nitrogen and oxygen atoms in total. The van der Waals surface area contributed by atoms with Gasteiger partial charge in [0.15, 0.2) is 0 Å². The van der Waals surface area contributed by atoms with Crippen molar-refractivity contribution < 1.29 is 0 Å². The van der Waals surface area contributed by atoms with E-state index in [-0.39, 0.29) is 0 Å². The highest BCUT2D eigenvalue weighted by atomic mass is 14.9. The van der Waals surface area contributed by atoms with Crippen molar-refractivity contribution in [2.45, 2.75) is 63.8 Å². The standard InChI is InChI=1S/C17H27N/c1-18-16(15-4-2-3-5-15)17-9-12-6-13(10-17)8-14(7-12)11-17/h4,12-14,16,18H,2-3,5-11H2,1H3. The largest absolute Gasteiger partial charge is 0.313 e. The van der Waals surface area contributed by atoms with Gasteiger partial charge in [-0.15, -0.1) is 0 Å². The van der Waals surface area contributed by atoms with Gasteiger partial charge < -0.3 is 5.32 Å². The minimum atomic E-state index is 0.652. The van der Waals surface area contributed by atoms with Crippen LogP contribution in [0.15, 0.2) is 11.6 Å². The first-order valence-electron chi connectivity index (χ1n) is 8.15. The molecule has 1 N–H and O–H groups in total. The highest BCUT2D eigenvalue weighted by molar-refractivity contribution is 5.22.